The molecule has 4 aliphatic rings. The number of fused-ring (bicyclic) bond motifs is 3. The van der Waals surface area contributed by atoms with Crippen LogP contribution in [0.4, 0.5) is 0 Å². The van der Waals surface area contributed by atoms with Crippen LogP contribution in [-0.2, 0) is 4.84 Å². The van der Waals surface area contributed by atoms with Crippen molar-refractivity contribution in [3.63, 3.8) is 0 Å². The molecule has 0 aromatic carbocycles. The Morgan fingerprint density at radius 3 is 2.59 bits per heavy atom. The number of nitrogens with zero attached hydrogens (tertiary/aromatic N) is 1. The molecule has 3 heteroatoms. The maximum Gasteiger partial charge on any atom is 0.118 e. The minimum Gasteiger partial charge on any atom is -0.396 e. The molecule has 34 heavy (non-hydrogen) atoms. The van der Waals surface area contributed by atoms with Crippen LogP contribution in [0.25, 0.3) is 0 Å². The summed E-state index contributed by atoms with van der Waals surface area (Å²) in [4.78, 5) is 5.93. The molecule has 0 spiro atoms. The molecule has 0 aromatic rings. The first kappa shape index (κ1) is 26.0. The maximum absolute atomic E-state index is 5.93. The quantitative estimate of drug-likeness (QED) is 0.223. The summed E-state index contributed by atoms with van der Waals surface area (Å²) in [6, 6.07) is 0.551. The third-order valence-electron chi connectivity index (χ3n) is 11.1. The molecule has 7 atom stereocenters. The highest BCUT2D eigenvalue weighted by atomic mass is 16.6. The van der Waals surface area contributed by atoms with Gasteiger partial charge in [0.05, 0.1) is 5.71 Å². The van der Waals surface area contributed by atoms with Gasteiger partial charge in [-0.2, -0.15) is 0 Å². The Hall–Kier alpha value is -1.09. The van der Waals surface area contributed by atoms with Gasteiger partial charge in [-0.15, -0.1) is 0 Å². The van der Waals surface area contributed by atoms with Gasteiger partial charge in [0.15, 0.2) is 0 Å². The Labute approximate surface area is 210 Å². The molecule has 4 rings (SSSR count). The smallest absolute Gasteiger partial charge is 0.118 e. The fourth-order valence-electron chi connectivity index (χ4n) is 9.19. The zero-order valence-corrected chi connectivity index (χ0v) is 23.1. The lowest BCUT2D eigenvalue weighted by Crippen LogP contribution is -2.50. The van der Waals surface area contributed by atoms with Crippen LogP contribution in [0.1, 0.15) is 106 Å². The Kier molecular flexibility index (Phi) is 7.73. The van der Waals surface area contributed by atoms with Crippen LogP contribution in [0.3, 0.4) is 0 Å². The van der Waals surface area contributed by atoms with Crippen LogP contribution in [0.5, 0.6) is 0 Å². The van der Waals surface area contributed by atoms with Gasteiger partial charge in [0.25, 0.3) is 0 Å². The Balaban J connectivity index is 1.42. The standard InChI is InChI=1S/C31H52N2O/c1-8-10-23-11-12-24-26-14-13-25(31(26,7)18-15-27(24)30(23,6)17-9-2)22(3)33-34-21-16-28-29(4,5)19-20-32-28/h8,10,24-28,32H,1,9,11-21H2,2-7H3/b23-10-,33-22+. The van der Waals surface area contributed by atoms with Crippen molar-refractivity contribution < 1.29 is 4.84 Å². The molecular weight excluding hydrogens is 416 g/mol. The van der Waals surface area contributed by atoms with Crippen molar-refractivity contribution in [2.75, 3.05) is 13.2 Å². The maximum atomic E-state index is 5.93. The number of nitrogens with one attached hydrogen (secondary N) is 1. The molecule has 0 aromatic heterocycles. The average Bonchev–Trinajstić information content (AvgIpc) is 3.31. The first-order valence-electron chi connectivity index (χ1n) is 14.4. The topological polar surface area (TPSA) is 33.6 Å². The first-order chi connectivity index (χ1) is 16.2. The molecule has 4 fully saturated rings. The highest BCUT2D eigenvalue weighted by Gasteiger charge is 2.58. The molecule has 7 unspecified atom stereocenters. The van der Waals surface area contributed by atoms with Crippen molar-refractivity contribution in [1.82, 2.24) is 5.32 Å². The van der Waals surface area contributed by atoms with E-state index < -0.39 is 0 Å². The van der Waals surface area contributed by atoms with E-state index in [0.29, 0.717) is 28.2 Å². The summed E-state index contributed by atoms with van der Waals surface area (Å²) in [6.07, 6.45) is 17.3. The normalized spacial score (nSPS) is 42.9. The molecule has 3 saturated carbocycles. The van der Waals surface area contributed by atoms with Crippen LogP contribution in [0, 0.1) is 39.9 Å². The van der Waals surface area contributed by atoms with Gasteiger partial charge in [0.2, 0.25) is 0 Å². The van der Waals surface area contributed by atoms with Gasteiger partial charge in [-0.3, -0.25) is 0 Å². The van der Waals surface area contributed by atoms with E-state index in [9.17, 15) is 0 Å². The molecule has 0 bridgehead atoms. The molecule has 192 valence electrons. The molecule has 1 saturated heterocycles. The zero-order chi connectivity index (χ0) is 24.6. The van der Waals surface area contributed by atoms with Gasteiger partial charge in [-0.1, -0.05) is 70.5 Å². The fourth-order valence-corrected chi connectivity index (χ4v) is 9.19. The molecule has 0 radical (unpaired) electrons. The lowest BCUT2D eigenvalue weighted by atomic mass is 9.47. The third-order valence-corrected chi connectivity index (χ3v) is 11.1. The molecule has 1 N–H and O–H groups in total. The van der Waals surface area contributed by atoms with E-state index in [0.717, 1.165) is 37.3 Å². The number of rotatable bonds is 8. The van der Waals surface area contributed by atoms with Crippen molar-refractivity contribution in [1.29, 1.82) is 0 Å². The second-order valence-electron chi connectivity index (χ2n) is 13.3. The van der Waals surface area contributed by atoms with E-state index in [1.807, 2.05) is 6.08 Å². The van der Waals surface area contributed by atoms with E-state index in [2.05, 4.69) is 59.5 Å². The van der Waals surface area contributed by atoms with Crippen molar-refractivity contribution in [2.45, 2.75) is 112 Å². The largest absolute Gasteiger partial charge is 0.396 e. The highest BCUT2D eigenvalue weighted by Crippen LogP contribution is 2.66. The Morgan fingerprint density at radius 1 is 1.12 bits per heavy atom. The Bertz CT molecular complexity index is 797. The van der Waals surface area contributed by atoms with Crippen LogP contribution < -0.4 is 5.32 Å². The summed E-state index contributed by atoms with van der Waals surface area (Å²) >= 11 is 0. The van der Waals surface area contributed by atoms with E-state index in [-0.39, 0.29) is 0 Å². The summed E-state index contributed by atoms with van der Waals surface area (Å²) in [6.45, 7) is 20.4. The zero-order valence-electron chi connectivity index (χ0n) is 23.1. The van der Waals surface area contributed by atoms with Crippen molar-refractivity contribution >= 4 is 5.71 Å². The summed E-state index contributed by atoms with van der Waals surface area (Å²) < 4.78 is 0. The van der Waals surface area contributed by atoms with Crippen LogP contribution in [-0.4, -0.2) is 24.9 Å². The lowest BCUT2D eigenvalue weighted by molar-refractivity contribution is -0.0412. The number of hydrogen-bond donors (Lipinski definition) is 1. The molecule has 1 heterocycles. The second-order valence-corrected chi connectivity index (χ2v) is 13.3. The van der Waals surface area contributed by atoms with Gasteiger partial charge in [-0.05, 0) is 105 Å². The number of hydrogen-bond acceptors (Lipinski definition) is 3. The van der Waals surface area contributed by atoms with Crippen molar-refractivity contribution in [2.24, 2.45) is 45.1 Å². The number of oxime groups is 1. The van der Waals surface area contributed by atoms with Gasteiger partial charge in [0, 0.05) is 12.0 Å². The van der Waals surface area contributed by atoms with Crippen molar-refractivity contribution in [3.8, 4) is 0 Å². The van der Waals surface area contributed by atoms with Gasteiger partial charge in [-0.25, -0.2) is 0 Å². The van der Waals surface area contributed by atoms with E-state index >= 15 is 0 Å². The predicted molar refractivity (Wildman–Crippen MR) is 145 cm³/mol. The van der Waals surface area contributed by atoms with Gasteiger partial charge < -0.3 is 10.2 Å². The van der Waals surface area contributed by atoms with E-state index in [1.165, 1.54) is 63.5 Å². The summed E-state index contributed by atoms with van der Waals surface area (Å²) in [5.41, 5.74) is 4.05. The molecular formula is C31H52N2O. The van der Waals surface area contributed by atoms with Crippen LogP contribution in [0.2, 0.25) is 0 Å². The van der Waals surface area contributed by atoms with Crippen LogP contribution in [0.15, 0.2) is 29.5 Å². The SMILES string of the molecule is C=C/C=C1/CCC2C(CCC3(C)C(/C(C)=N/OCCC4NCCC4(C)C)CCC23)C1(C)CCC. The Morgan fingerprint density at radius 2 is 1.91 bits per heavy atom. The van der Waals surface area contributed by atoms with Gasteiger partial charge >= 0.3 is 0 Å². The minimum atomic E-state index is 0.361. The molecule has 3 aliphatic carbocycles. The van der Waals surface area contributed by atoms with E-state index in [1.54, 1.807) is 5.57 Å². The minimum absolute atomic E-state index is 0.361. The first-order valence-corrected chi connectivity index (χ1v) is 14.4. The number of allylic oxidation sites excluding steroid dienone is 3. The highest BCUT2D eigenvalue weighted by molar-refractivity contribution is 5.85. The molecule has 3 nitrogen and oxygen atoms in total. The summed E-state index contributed by atoms with van der Waals surface area (Å²) in [7, 11) is 0. The van der Waals surface area contributed by atoms with Gasteiger partial charge in [0.1, 0.15) is 6.61 Å². The van der Waals surface area contributed by atoms with Crippen molar-refractivity contribution in [3.05, 3.63) is 24.3 Å². The second kappa shape index (κ2) is 10.1. The molecule has 0 amide bonds. The monoisotopic (exact) mass is 468 g/mol. The average molecular weight is 469 g/mol. The fraction of sp³-hybridized carbons (Fsp3) is 0.839. The summed E-state index contributed by atoms with van der Waals surface area (Å²) in [5, 5.41) is 8.37. The third kappa shape index (κ3) is 4.56. The van der Waals surface area contributed by atoms with E-state index in [4.69, 9.17) is 9.99 Å². The molecule has 1 aliphatic heterocycles. The summed E-state index contributed by atoms with van der Waals surface area (Å²) in [5.74, 6) is 3.13. The van der Waals surface area contributed by atoms with Crippen LogP contribution >= 0.6 is 0 Å². The lowest BCUT2D eigenvalue weighted by Gasteiger charge is -2.57. The predicted octanol–water partition coefficient (Wildman–Crippen LogP) is 7.93.